The predicted molar refractivity (Wildman–Crippen MR) is 89.5 cm³/mol. The van der Waals surface area contributed by atoms with Crippen LogP contribution in [0.1, 0.15) is 55.1 Å². The summed E-state index contributed by atoms with van der Waals surface area (Å²) in [5.74, 6) is 0.0367. The fraction of sp³-hybridized carbons (Fsp3) is 0.474. The quantitative estimate of drug-likeness (QED) is 0.665. The number of H-pyrrole nitrogens is 1. The molecule has 122 valence electrons. The van der Waals surface area contributed by atoms with Crippen LogP contribution in [0.5, 0.6) is 0 Å². The van der Waals surface area contributed by atoms with Crippen molar-refractivity contribution in [2.75, 3.05) is 0 Å². The number of nitrogens with one attached hydrogen (secondary N) is 1. The predicted octanol–water partition coefficient (Wildman–Crippen LogP) is 4.17. The van der Waals surface area contributed by atoms with Crippen molar-refractivity contribution < 1.29 is 14.3 Å². The summed E-state index contributed by atoms with van der Waals surface area (Å²) in [6.45, 7) is 3.54. The largest absolute Gasteiger partial charge is 0.454 e. The molecular weight excluding hydrogens is 290 g/mol. The smallest absolute Gasteiger partial charge is 0.306 e. The van der Waals surface area contributed by atoms with Gasteiger partial charge < -0.3 is 9.72 Å². The third-order valence-corrected chi connectivity index (χ3v) is 4.75. The van der Waals surface area contributed by atoms with Gasteiger partial charge in [-0.3, -0.25) is 9.59 Å². The van der Waals surface area contributed by atoms with Gasteiger partial charge in [0.2, 0.25) is 5.78 Å². The van der Waals surface area contributed by atoms with E-state index in [1.54, 1.807) is 6.92 Å². The van der Waals surface area contributed by atoms with Gasteiger partial charge >= 0.3 is 5.97 Å². The first kappa shape index (κ1) is 15.8. The average molecular weight is 313 g/mol. The molecule has 0 saturated heterocycles. The third kappa shape index (κ3) is 3.31. The van der Waals surface area contributed by atoms with E-state index in [1.807, 2.05) is 31.2 Å². The normalized spacial score (nSPS) is 16.6. The summed E-state index contributed by atoms with van der Waals surface area (Å²) in [4.78, 5) is 28.0. The molecule has 0 amide bonds. The van der Waals surface area contributed by atoms with E-state index in [9.17, 15) is 9.59 Å². The highest BCUT2D eigenvalue weighted by atomic mass is 16.5. The molecule has 1 atom stereocenters. The van der Waals surface area contributed by atoms with Crippen LogP contribution in [0.3, 0.4) is 0 Å². The van der Waals surface area contributed by atoms with Gasteiger partial charge in [-0.15, -0.1) is 0 Å². The van der Waals surface area contributed by atoms with E-state index >= 15 is 0 Å². The zero-order chi connectivity index (χ0) is 16.4. The van der Waals surface area contributed by atoms with Gasteiger partial charge in [-0.25, -0.2) is 0 Å². The molecule has 1 saturated carbocycles. The van der Waals surface area contributed by atoms with E-state index in [2.05, 4.69) is 4.98 Å². The van der Waals surface area contributed by atoms with Crippen LogP contribution in [0.2, 0.25) is 0 Å². The number of hydrogen-bond acceptors (Lipinski definition) is 3. The summed E-state index contributed by atoms with van der Waals surface area (Å²) in [5, 5.41) is 0.883. The molecule has 0 radical (unpaired) electrons. The number of aromatic nitrogens is 1. The minimum absolute atomic E-state index is 0.139. The molecule has 3 rings (SSSR count). The summed E-state index contributed by atoms with van der Waals surface area (Å²) in [6.07, 6.45) is 4.27. The maximum absolute atomic E-state index is 12.7. The molecule has 1 aromatic heterocycles. The highest BCUT2D eigenvalue weighted by Crippen LogP contribution is 2.28. The number of carbonyl (C=O) groups is 2. The first-order chi connectivity index (χ1) is 11.1. The summed E-state index contributed by atoms with van der Waals surface area (Å²) >= 11 is 0. The SMILES string of the molecule is Cc1[nH]c2ccccc2c1C(=O)[C@H](C)OC(=O)CC1CCCC1. The summed E-state index contributed by atoms with van der Waals surface area (Å²) in [7, 11) is 0. The topological polar surface area (TPSA) is 59.2 Å². The van der Waals surface area contributed by atoms with Crippen molar-refractivity contribution in [1.29, 1.82) is 0 Å². The Kier molecular flexibility index (Phi) is 4.51. The van der Waals surface area contributed by atoms with Gasteiger partial charge in [0.15, 0.2) is 6.10 Å². The second kappa shape index (κ2) is 6.57. The van der Waals surface area contributed by atoms with Crippen molar-refractivity contribution in [2.45, 2.75) is 52.1 Å². The van der Waals surface area contributed by atoms with Crippen molar-refractivity contribution in [2.24, 2.45) is 5.92 Å². The Balaban J connectivity index is 1.71. The number of ketones is 1. The lowest BCUT2D eigenvalue weighted by molar-refractivity contribution is -0.147. The number of rotatable bonds is 5. The van der Waals surface area contributed by atoms with Gasteiger partial charge in [0.25, 0.3) is 0 Å². The summed E-state index contributed by atoms with van der Waals surface area (Å²) in [6, 6.07) is 7.69. The maximum atomic E-state index is 12.7. The second-order valence-corrected chi connectivity index (χ2v) is 6.52. The number of hydrogen-bond donors (Lipinski definition) is 1. The molecule has 0 unspecified atom stereocenters. The molecule has 1 heterocycles. The molecule has 23 heavy (non-hydrogen) atoms. The van der Waals surface area contributed by atoms with E-state index in [0.717, 1.165) is 29.4 Å². The number of carbonyl (C=O) groups excluding carboxylic acids is 2. The van der Waals surface area contributed by atoms with Crippen LogP contribution in [-0.4, -0.2) is 22.8 Å². The molecule has 1 N–H and O–H groups in total. The van der Waals surface area contributed by atoms with Gasteiger partial charge in [0.05, 0.1) is 0 Å². The van der Waals surface area contributed by atoms with Crippen LogP contribution < -0.4 is 0 Å². The van der Waals surface area contributed by atoms with Crippen LogP contribution in [0.15, 0.2) is 24.3 Å². The van der Waals surface area contributed by atoms with Crippen LogP contribution in [0.4, 0.5) is 0 Å². The molecule has 0 spiro atoms. The first-order valence-corrected chi connectivity index (χ1v) is 8.37. The zero-order valence-electron chi connectivity index (χ0n) is 13.7. The van der Waals surface area contributed by atoms with Crippen LogP contribution >= 0.6 is 0 Å². The Hall–Kier alpha value is -2.10. The Morgan fingerprint density at radius 2 is 1.96 bits per heavy atom. The van der Waals surface area contributed by atoms with Crippen LogP contribution in [0.25, 0.3) is 10.9 Å². The zero-order valence-corrected chi connectivity index (χ0v) is 13.7. The highest BCUT2D eigenvalue weighted by Gasteiger charge is 2.26. The number of ether oxygens (including phenoxy) is 1. The Morgan fingerprint density at radius 3 is 2.70 bits per heavy atom. The third-order valence-electron chi connectivity index (χ3n) is 4.75. The number of fused-ring (bicyclic) bond motifs is 1. The lowest BCUT2D eigenvalue weighted by Gasteiger charge is -2.14. The van der Waals surface area contributed by atoms with Gasteiger partial charge in [-0.1, -0.05) is 31.0 Å². The average Bonchev–Trinajstić information content (AvgIpc) is 3.12. The molecule has 4 heteroatoms. The van der Waals surface area contributed by atoms with Crippen molar-refractivity contribution in [3.05, 3.63) is 35.5 Å². The van der Waals surface area contributed by atoms with E-state index in [0.29, 0.717) is 17.9 Å². The lowest BCUT2D eigenvalue weighted by atomic mass is 10.0. The number of benzene rings is 1. The molecule has 4 nitrogen and oxygen atoms in total. The second-order valence-electron chi connectivity index (χ2n) is 6.52. The van der Waals surface area contributed by atoms with Crippen LogP contribution in [0, 0.1) is 12.8 Å². The monoisotopic (exact) mass is 313 g/mol. The summed E-state index contributed by atoms with van der Waals surface area (Å²) in [5.41, 5.74) is 2.37. The molecular formula is C19H23NO3. The molecule has 1 aliphatic rings. The standard InChI is InChI=1S/C19H23NO3/c1-12-18(15-9-5-6-10-16(15)20-12)19(22)13(2)23-17(21)11-14-7-3-4-8-14/h5-6,9-10,13-14,20H,3-4,7-8,11H2,1-2H3/t13-/m0/s1. The lowest BCUT2D eigenvalue weighted by Crippen LogP contribution is -2.25. The Bertz CT molecular complexity index is 725. The van der Waals surface area contributed by atoms with Crippen molar-refractivity contribution in [3.8, 4) is 0 Å². The first-order valence-electron chi connectivity index (χ1n) is 8.37. The van der Waals surface area contributed by atoms with Gasteiger partial charge in [-0.05, 0) is 38.7 Å². The minimum Gasteiger partial charge on any atom is -0.454 e. The van der Waals surface area contributed by atoms with Crippen molar-refractivity contribution in [1.82, 2.24) is 4.98 Å². The Labute approximate surface area is 136 Å². The van der Waals surface area contributed by atoms with E-state index in [4.69, 9.17) is 4.74 Å². The molecule has 1 fully saturated rings. The maximum Gasteiger partial charge on any atom is 0.306 e. The highest BCUT2D eigenvalue weighted by molar-refractivity contribution is 6.11. The Morgan fingerprint density at radius 1 is 1.26 bits per heavy atom. The van der Waals surface area contributed by atoms with Gasteiger partial charge in [-0.2, -0.15) is 0 Å². The number of aryl methyl sites for hydroxylation is 1. The van der Waals surface area contributed by atoms with Crippen molar-refractivity contribution in [3.63, 3.8) is 0 Å². The number of Topliss-reactive ketones (excluding diaryl/α,β-unsaturated/α-hetero) is 1. The van der Waals surface area contributed by atoms with Gasteiger partial charge in [0.1, 0.15) is 0 Å². The fourth-order valence-corrected chi connectivity index (χ4v) is 3.55. The van der Waals surface area contributed by atoms with E-state index in [1.165, 1.54) is 12.8 Å². The van der Waals surface area contributed by atoms with E-state index < -0.39 is 6.10 Å². The summed E-state index contributed by atoms with van der Waals surface area (Å²) < 4.78 is 5.40. The minimum atomic E-state index is -0.748. The number of aromatic amines is 1. The molecule has 0 aliphatic heterocycles. The fourth-order valence-electron chi connectivity index (χ4n) is 3.55. The van der Waals surface area contributed by atoms with E-state index in [-0.39, 0.29) is 11.8 Å². The van der Waals surface area contributed by atoms with Crippen molar-refractivity contribution >= 4 is 22.7 Å². The van der Waals surface area contributed by atoms with Gasteiger partial charge in [0, 0.05) is 28.6 Å². The molecule has 2 aromatic rings. The molecule has 1 aliphatic carbocycles. The number of para-hydroxylation sites is 1. The molecule has 1 aromatic carbocycles. The number of esters is 1. The van der Waals surface area contributed by atoms with Crippen LogP contribution in [-0.2, 0) is 9.53 Å². The molecule has 0 bridgehead atoms.